The molecule has 150 valence electrons. The largest absolute Gasteiger partial charge is 0.493 e. The highest BCUT2D eigenvalue weighted by molar-refractivity contribution is 5.94. The van der Waals surface area contributed by atoms with Crippen LogP contribution in [0.25, 0.3) is 0 Å². The van der Waals surface area contributed by atoms with Crippen LogP contribution in [0.3, 0.4) is 0 Å². The Hall–Kier alpha value is -2.60. The lowest BCUT2D eigenvalue weighted by atomic mass is 10.1. The maximum absolute atomic E-state index is 12.5. The zero-order chi connectivity index (χ0) is 19.9. The van der Waals surface area contributed by atoms with E-state index in [1.54, 1.807) is 31.5 Å². The van der Waals surface area contributed by atoms with Gasteiger partial charge in [0.1, 0.15) is 6.10 Å². The van der Waals surface area contributed by atoms with E-state index in [1.165, 1.54) is 0 Å². The predicted molar refractivity (Wildman–Crippen MR) is 109 cm³/mol. The van der Waals surface area contributed by atoms with Gasteiger partial charge < -0.3 is 19.7 Å². The van der Waals surface area contributed by atoms with E-state index in [-0.39, 0.29) is 12.0 Å². The van der Waals surface area contributed by atoms with Crippen molar-refractivity contribution in [2.45, 2.75) is 45.4 Å². The van der Waals surface area contributed by atoms with Crippen LogP contribution in [0.5, 0.6) is 11.5 Å². The van der Waals surface area contributed by atoms with Gasteiger partial charge >= 0.3 is 0 Å². The summed E-state index contributed by atoms with van der Waals surface area (Å²) in [5.74, 6) is 1.11. The summed E-state index contributed by atoms with van der Waals surface area (Å²) < 4.78 is 11.6. The molecule has 2 heterocycles. The first-order valence-corrected chi connectivity index (χ1v) is 9.83. The first-order chi connectivity index (χ1) is 13.6. The highest BCUT2D eigenvalue weighted by Gasteiger charge is 2.23. The van der Waals surface area contributed by atoms with Crippen LogP contribution in [0.15, 0.2) is 42.6 Å². The van der Waals surface area contributed by atoms with Crippen LogP contribution in [0.2, 0.25) is 0 Å². The number of nitrogens with one attached hydrogen (secondary N) is 1. The third kappa shape index (κ3) is 5.23. The molecule has 0 aliphatic carbocycles. The van der Waals surface area contributed by atoms with Crippen molar-refractivity contribution < 1.29 is 14.3 Å². The number of aromatic nitrogens is 1. The minimum Gasteiger partial charge on any atom is -0.493 e. The van der Waals surface area contributed by atoms with E-state index in [0.29, 0.717) is 29.6 Å². The van der Waals surface area contributed by atoms with Gasteiger partial charge in [-0.3, -0.25) is 9.78 Å². The number of nitrogens with zero attached hydrogens (tertiary/aromatic N) is 2. The quantitative estimate of drug-likeness (QED) is 0.795. The maximum atomic E-state index is 12.5. The number of methoxy groups -OCH3 is 1. The molecule has 28 heavy (non-hydrogen) atoms. The van der Waals surface area contributed by atoms with Crippen LogP contribution < -0.4 is 14.8 Å². The number of carbonyl (C=O) groups is 1. The molecule has 1 amide bonds. The number of likely N-dealkylation sites (tertiary alicyclic amines) is 1. The Labute approximate surface area is 166 Å². The van der Waals surface area contributed by atoms with E-state index in [0.717, 1.165) is 31.6 Å². The van der Waals surface area contributed by atoms with E-state index in [2.05, 4.69) is 29.0 Å². The van der Waals surface area contributed by atoms with E-state index < -0.39 is 0 Å². The van der Waals surface area contributed by atoms with E-state index in [4.69, 9.17) is 9.47 Å². The third-order valence-electron chi connectivity index (χ3n) is 5.08. The lowest BCUT2D eigenvalue weighted by molar-refractivity contribution is 0.0819. The molecule has 1 aliphatic rings. The summed E-state index contributed by atoms with van der Waals surface area (Å²) in [6.45, 7) is 6.87. The number of hydrogen-bond acceptors (Lipinski definition) is 5. The summed E-state index contributed by atoms with van der Waals surface area (Å²) in [6.07, 6.45) is 3.79. The monoisotopic (exact) mass is 383 g/mol. The van der Waals surface area contributed by atoms with E-state index in [1.807, 2.05) is 18.2 Å². The SMILES string of the molecule is COc1ccc(C(=O)NCc2ccccn2)cc1OC1CCN(C(C)C)CC1. The standard InChI is InChI=1S/C22H29N3O3/c1-16(2)25-12-9-19(10-13-25)28-21-14-17(7-8-20(21)27-3)22(26)24-15-18-6-4-5-11-23-18/h4-8,11,14,16,19H,9-10,12-13,15H2,1-3H3,(H,24,26). The van der Waals surface area contributed by atoms with E-state index >= 15 is 0 Å². The summed E-state index contributed by atoms with van der Waals surface area (Å²) >= 11 is 0. The fraction of sp³-hybridized carbons (Fsp3) is 0.455. The van der Waals surface area contributed by atoms with Gasteiger partial charge in [-0.2, -0.15) is 0 Å². The van der Waals surface area contributed by atoms with Gasteiger partial charge in [0.05, 0.1) is 19.3 Å². The fourth-order valence-electron chi connectivity index (χ4n) is 3.38. The van der Waals surface area contributed by atoms with Crippen molar-refractivity contribution in [3.05, 3.63) is 53.9 Å². The molecule has 0 spiro atoms. The highest BCUT2D eigenvalue weighted by Crippen LogP contribution is 2.31. The molecule has 6 nitrogen and oxygen atoms in total. The Morgan fingerprint density at radius 1 is 1.21 bits per heavy atom. The van der Waals surface area contributed by atoms with Crippen LogP contribution in [0, 0.1) is 0 Å². The zero-order valence-electron chi connectivity index (χ0n) is 16.9. The number of carbonyl (C=O) groups excluding carboxylic acids is 1. The normalized spacial score (nSPS) is 15.4. The smallest absolute Gasteiger partial charge is 0.251 e. The lowest BCUT2D eigenvalue weighted by Gasteiger charge is -2.34. The molecule has 1 saturated heterocycles. The molecule has 0 bridgehead atoms. The molecule has 1 aromatic heterocycles. The fourth-order valence-corrected chi connectivity index (χ4v) is 3.38. The molecule has 1 aliphatic heterocycles. The summed E-state index contributed by atoms with van der Waals surface area (Å²) in [5, 5.41) is 2.90. The second-order valence-electron chi connectivity index (χ2n) is 7.32. The van der Waals surface area contributed by atoms with Gasteiger partial charge in [-0.25, -0.2) is 0 Å². The van der Waals surface area contributed by atoms with Gasteiger partial charge in [-0.05, 0) is 57.0 Å². The van der Waals surface area contributed by atoms with Gasteiger partial charge in [0, 0.05) is 30.9 Å². The van der Waals surface area contributed by atoms with Gasteiger partial charge in [-0.15, -0.1) is 0 Å². The Balaban J connectivity index is 1.64. The Kier molecular flexibility index (Phi) is 6.87. The van der Waals surface area contributed by atoms with Gasteiger partial charge in [0.15, 0.2) is 11.5 Å². The van der Waals surface area contributed by atoms with Crippen molar-refractivity contribution in [2.75, 3.05) is 20.2 Å². The van der Waals surface area contributed by atoms with Crippen molar-refractivity contribution in [3.8, 4) is 11.5 Å². The average molecular weight is 383 g/mol. The number of rotatable bonds is 7. The number of piperidine rings is 1. The summed E-state index contributed by atoms with van der Waals surface area (Å²) in [4.78, 5) is 19.2. The van der Waals surface area contributed by atoms with Crippen molar-refractivity contribution in [1.29, 1.82) is 0 Å². The van der Waals surface area contributed by atoms with Crippen LogP contribution in [-0.2, 0) is 6.54 Å². The van der Waals surface area contributed by atoms with Crippen LogP contribution in [-0.4, -0.2) is 48.1 Å². The van der Waals surface area contributed by atoms with Crippen molar-refractivity contribution in [2.24, 2.45) is 0 Å². The van der Waals surface area contributed by atoms with E-state index in [9.17, 15) is 4.79 Å². The van der Waals surface area contributed by atoms with Crippen molar-refractivity contribution in [3.63, 3.8) is 0 Å². The summed E-state index contributed by atoms with van der Waals surface area (Å²) in [6, 6.07) is 11.5. The molecule has 2 aromatic rings. The number of ether oxygens (including phenoxy) is 2. The van der Waals surface area contributed by atoms with Gasteiger partial charge in [-0.1, -0.05) is 6.07 Å². The molecule has 1 aromatic carbocycles. The molecule has 1 N–H and O–H groups in total. The average Bonchev–Trinajstić information content (AvgIpc) is 2.73. The number of amides is 1. The lowest BCUT2D eigenvalue weighted by Crippen LogP contribution is -2.41. The molecule has 1 fully saturated rings. The van der Waals surface area contributed by atoms with Gasteiger partial charge in [0.25, 0.3) is 5.91 Å². The number of benzene rings is 1. The highest BCUT2D eigenvalue weighted by atomic mass is 16.5. The molecular formula is C22H29N3O3. The molecule has 0 atom stereocenters. The third-order valence-corrected chi connectivity index (χ3v) is 5.08. The summed E-state index contributed by atoms with van der Waals surface area (Å²) in [5.41, 5.74) is 1.36. The van der Waals surface area contributed by atoms with Crippen LogP contribution in [0.1, 0.15) is 42.7 Å². The second-order valence-corrected chi connectivity index (χ2v) is 7.32. The first kappa shape index (κ1) is 20.1. The van der Waals surface area contributed by atoms with Crippen molar-refractivity contribution >= 4 is 5.91 Å². The topological polar surface area (TPSA) is 63.7 Å². The molecule has 0 radical (unpaired) electrons. The molecule has 3 rings (SSSR count). The Morgan fingerprint density at radius 2 is 2.00 bits per heavy atom. The minimum absolute atomic E-state index is 0.135. The minimum atomic E-state index is -0.159. The molecular weight excluding hydrogens is 354 g/mol. The maximum Gasteiger partial charge on any atom is 0.251 e. The van der Waals surface area contributed by atoms with Gasteiger partial charge in [0.2, 0.25) is 0 Å². The first-order valence-electron chi connectivity index (χ1n) is 9.83. The zero-order valence-corrected chi connectivity index (χ0v) is 16.9. The number of hydrogen-bond donors (Lipinski definition) is 1. The van der Waals surface area contributed by atoms with Crippen LogP contribution in [0.4, 0.5) is 0 Å². The number of pyridine rings is 1. The molecule has 0 unspecified atom stereocenters. The Morgan fingerprint density at radius 3 is 2.64 bits per heavy atom. The predicted octanol–water partition coefficient (Wildman–Crippen LogP) is 3.27. The Bertz CT molecular complexity index is 772. The van der Waals surface area contributed by atoms with Crippen LogP contribution >= 0.6 is 0 Å². The summed E-state index contributed by atoms with van der Waals surface area (Å²) in [7, 11) is 1.62. The van der Waals surface area contributed by atoms with Crippen molar-refractivity contribution in [1.82, 2.24) is 15.2 Å². The molecule has 6 heteroatoms. The second kappa shape index (κ2) is 9.55. The molecule has 0 saturated carbocycles.